The first-order valence-corrected chi connectivity index (χ1v) is 8.99. The fraction of sp³-hybridized carbons (Fsp3) is 0.273. The Morgan fingerprint density at radius 2 is 1.85 bits per heavy atom. The summed E-state index contributed by atoms with van der Waals surface area (Å²) in [5, 5.41) is 3.98. The highest BCUT2D eigenvalue weighted by Gasteiger charge is 2.43. The van der Waals surface area contributed by atoms with Crippen LogP contribution in [0.3, 0.4) is 0 Å². The van der Waals surface area contributed by atoms with E-state index in [4.69, 9.17) is 9.15 Å². The molecule has 2 aromatic carbocycles. The van der Waals surface area contributed by atoms with Gasteiger partial charge in [-0.2, -0.15) is 0 Å². The van der Waals surface area contributed by atoms with Crippen LogP contribution >= 0.6 is 0 Å². The second-order valence-electron chi connectivity index (χ2n) is 7.24. The SMILES string of the molecule is Cc1c(C(C)NC(=O)C2(C)Cc3ccccc3C(=O)O2)oc2ccccc12. The molecule has 0 fully saturated rings. The van der Waals surface area contributed by atoms with Crippen molar-refractivity contribution >= 4 is 22.8 Å². The van der Waals surface area contributed by atoms with Gasteiger partial charge >= 0.3 is 5.97 Å². The number of ether oxygens (including phenoxy) is 1. The minimum atomic E-state index is -1.25. The van der Waals surface area contributed by atoms with Crippen molar-refractivity contribution in [3.05, 3.63) is 71.0 Å². The second-order valence-corrected chi connectivity index (χ2v) is 7.24. The summed E-state index contributed by atoms with van der Waals surface area (Å²) >= 11 is 0. The van der Waals surface area contributed by atoms with Crippen LogP contribution in [0.25, 0.3) is 11.0 Å². The predicted octanol–water partition coefficient (Wildman–Crippen LogP) is 4.09. The Hall–Kier alpha value is -3.08. The van der Waals surface area contributed by atoms with E-state index in [0.29, 0.717) is 17.7 Å². The molecule has 0 spiro atoms. The molecule has 0 saturated carbocycles. The number of esters is 1. The fourth-order valence-corrected chi connectivity index (χ4v) is 3.68. The molecule has 0 aliphatic carbocycles. The maximum atomic E-state index is 13.0. The van der Waals surface area contributed by atoms with E-state index in [-0.39, 0.29) is 11.9 Å². The van der Waals surface area contributed by atoms with Gasteiger partial charge in [0.2, 0.25) is 0 Å². The summed E-state index contributed by atoms with van der Waals surface area (Å²) in [6.45, 7) is 5.49. The van der Waals surface area contributed by atoms with Crippen molar-refractivity contribution in [2.24, 2.45) is 0 Å². The first kappa shape index (κ1) is 17.3. The van der Waals surface area contributed by atoms with Crippen LogP contribution in [0.4, 0.5) is 0 Å². The molecule has 2 heterocycles. The molecule has 5 nitrogen and oxygen atoms in total. The quantitative estimate of drug-likeness (QED) is 0.712. The molecule has 0 saturated heterocycles. The van der Waals surface area contributed by atoms with Gasteiger partial charge in [-0.25, -0.2) is 4.79 Å². The first-order chi connectivity index (χ1) is 12.9. The highest BCUT2D eigenvalue weighted by Crippen LogP contribution is 2.31. The third-order valence-corrected chi connectivity index (χ3v) is 5.18. The van der Waals surface area contributed by atoms with Crippen molar-refractivity contribution in [2.75, 3.05) is 0 Å². The van der Waals surface area contributed by atoms with E-state index in [1.54, 1.807) is 19.1 Å². The van der Waals surface area contributed by atoms with Crippen LogP contribution in [-0.2, 0) is 16.0 Å². The van der Waals surface area contributed by atoms with Crippen LogP contribution < -0.4 is 5.32 Å². The Balaban J connectivity index is 1.58. The molecule has 2 atom stereocenters. The fourth-order valence-electron chi connectivity index (χ4n) is 3.68. The number of furan rings is 1. The van der Waals surface area contributed by atoms with Gasteiger partial charge in [0.25, 0.3) is 5.91 Å². The summed E-state index contributed by atoms with van der Waals surface area (Å²) in [6.07, 6.45) is 0.340. The summed E-state index contributed by atoms with van der Waals surface area (Å²) in [4.78, 5) is 25.3. The van der Waals surface area contributed by atoms with Crippen LogP contribution in [0, 0.1) is 6.92 Å². The molecular weight excluding hydrogens is 342 g/mol. The van der Waals surface area contributed by atoms with E-state index in [0.717, 1.165) is 22.1 Å². The summed E-state index contributed by atoms with van der Waals surface area (Å²) in [7, 11) is 0. The van der Waals surface area contributed by atoms with Crippen molar-refractivity contribution in [1.29, 1.82) is 0 Å². The maximum absolute atomic E-state index is 13.0. The molecule has 1 aromatic heterocycles. The summed E-state index contributed by atoms with van der Waals surface area (Å²) in [5.74, 6) is -0.101. The lowest BCUT2D eigenvalue weighted by atomic mass is 9.89. The number of nitrogens with one attached hydrogen (secondary N) is 1. The van der Waals surface area contributed by atoms with Crippen LogP contribution in [0.2, 0.25) is 0 Å². The third-order valence-electron chi connectivity index (χ3n) is 5.18. The smallest absolute Gasteiger partial charge is 0.339 e. The Labute approximate surface area is 157 Å². The van der Waals surface area contributed by atoms with Gasteiger partial charge in [0.15, 0.2) is 5.60 Å². The average molecular weight is 363 g/mol. The molecule has 27 heavy (non-hydrogen) atoms. The number of hydrogen-bond acceptors (Lipinski definition) is 4. The number of carbonyl (C=O) groups excluding carboxylic acids is 2. The van der Waals surface area contributed by atoms with Crippen LogP contribution in [0.5, 0.6) is 0 Å². The number of amides is 1. The molecule has 5 heteroatoms. The molecular formula is C22H21NO4. The summed E-state index contributed by atoms with van der Waals surface area (Å²) in [5.41, 5.74) is 1.87. The number of carbonyl (C=O) groups is 2. The zero-order valence-corrected chi connectivity index (χ0v) is 15.5. The van der Waals surface area contributed by atoms with Gasteiger partial charge in [0.05, 0.1) is 11.6 Å². The van der Waals surface area contributed by atoms with E-state index in [9.17, 15) is 9.59 Å². The highest BCUT2D eigenvalue weighted by molar-refractivity contribution is 5.97. The molecule has 3 aromatic rings. The summed E-state index contributed by atoms with van der Waals surface area (Å²) in [6, 6.07) is 14.6. The molecule has 2 unspecified atom stereocenters. The second kappa shape index (κ2) is 6.27. The molecule has 1 aliphatic rings. The number of fused-ring (bicyclic) bond motifs is 2. The maximum Gasteiger partial charge on any atom is 0.339 e. The molecule has 138 valence electrons. The minimum absolute atomic E-state index is 0.335. The third kappa shape index (κ3) is 2.89. The number of cyclic esters (lactones) is 1. The van der Waals surface area contributed by atoms with Crippen molar-refractivity contribution in [2.45, 2.75) is 38.8 Å². The molecule has 4 rings (SSSR count). The Morgan fingerprint density at radius 3 is 2.63 bits per heavy atom. The molecule has 1 aliphatic heterocycles. The van der Waals surface area contributed by atoms with Crippen LogP contribution in [-0.4, -0.2) is 17.5 Å². The van der Waals surface area contributed by atoms with Crippen molar-refractivity contribution in [1.82, 2.24) is 5.32 Å². The lowest BCUT2D eigenvalue weighted by Crippen LogP contribution is -2.52. The lowest BCUT2D eigenvalue weighted by molar-refractivity contribution is -0.140. The number of rotatable bonds is 3. The van der Waals surface area contributed by atoms with Crippen molar-refractivity contribution in [3.63, 3.8) is 0 Å². The predicted molar refractivity (Wildman–Crippen MR) is 101 cm³/mol. The van der Waals surface area contributed by atoms with Gasteiger partial charge in [-0.1, -0.05) is 36.4 Å². The number of hydrogen-bond donors (Lipinski definition) is 1. The largest absolute Gasteiger partial charge is 0.459 e. The number of aryl methyl sites for hydroxylation is 1. The van der Waals surface area contributed by atoms with E-state index >= 15 is 0 Å². The topological polar surface area (TPSA) is 68.5 Å². The normalized spacial score (nSPS) is 20.0. The van der Waals surface area contributed by atoms with Gasteiger partial charge in [-0.05, 0) is 38.5 Å². The zero-order chi connectivity index (χ0) is 19.2. The van der Waals surface area contributed by atoms with Crippen LogP contribution in [0.1, 0.15) is 47.1 Å². The van der Waals surface area contributed by atoms with Gasteiger partial charge in [0.1, 0.15) is 11.3 Å². The van der Waals surface area contributed by atoms with E-state index in [1.165, 1.54) is 0 Å². The Morgan fingerprint density at radius 1 is 1.15 bits per heavy atom. The number of benzene rings is 2. The minimum Gasteiger partial charge on any atom is -0.459 e. The van der Waals surface area contributed by atoms with Gasteiger partial charge in [0, 0.05) is 17.4 Å². The van der Waals surface area contributed by atoms with Crippen molar-refractivity contribution in [3.8, 4) is 0 Å². The molecule has 1 amide bonds. The highest BCUT2D eigenvalue weighted by atomic mass is 16.6. The zero-order valence-electron chi connectivity index (χ0n) is 15.5. The van der Waals surface area contributed by atoms with Gasteiger partial charge in [-0.3, -0.25) is 4.79 Å². The Bertz CT molecular complexity index is 1050. The molecule has 0 radical (unpaired) electrons. The molecule has 0 bridgehead atoms. The first-order valence-electron chi connectivity index (χ1n) is 8.99. The number of para-hydroxylation sites is 1. The molecule has 1 N–H and O–H groups in total. The van der Waals surface area contributed by atoms with E-state index in [2.05, 4.69) is 5.32 Å². The van der Waals surface area contributed by atoms with Crippen LogP contribution in [0.15, 0.2) is 52.9 Å². The van der Waals surface area contributed by atoms with Gasteiger partial charge < -0.3 is 14.5 Å². The van der Waals surface area contributed by atoms with E-state index in [1.807, 2.05) is 50.2 Å². The monoisotopic (exact) mass is 363 g/mol. The van der Waals surface area contributed by atoms with Crippen molar-refractivity contribution < 1.29 is 18.7 Å². The Kier molecular flexibility index (Phi) is 4.02. The van der Waals surface area contributed by atoms with E-state index < -0.39 is 11.6 Å². The average Bonchev–Trinajstić information content (AvgIpc) is 2.99. The summed E-state index contributed by atoms with van der Waals surface area (Å²) < 4.78 is 11.4. The standard InChI is InChI=1S/C22H21NO4/c1-13-16-9-6-7-11-18(16)26-19(13)14(2)23-21(25)22(3)12-15-8-4-5-10-17(15)20(24)27-22/h4-11,14H,12H2,1-3H3,(H,23,25). The lowest BCUT2D eigenvalue weighted by Gasteiger charge is -2.33. The van der Waals surface area contributed by atoms with Gasteiger partial charge in [-0.15, -0.1) is 0 Å².